The molecule has 9 aromatic rings. The minimum absolute atomic E-state index is 0. The molecule has 0 bridgehead atoms. The van der Waals surface area contributed by atoms with Gasteiger partial charge in [0.1, 0.15) is 48.6 Å². The topological polar surface area (TPSA) is 164 Å². The summed E-state index contributed by atoms with van der Waals surface area (Å²) in [6, 6.07) is 17.0. The minimum atomic E-state index is -1.13. The van der Waals surface area contributed by atoms with Gasteiger partial charge in [0.2, 0.25) is 0 Å². The van der Waals surface area contributed by atoms with Crippen LogP contribution in [0.3, 0.4) is 0 Å². The van der Waals surface area contributed by atoms with E-state index in [0.717, 1.165) is 44.8 Å². The number of hydrogen-bond donors (Lipinski definition) is 3. The fourth-order valence-electron chi connectivity index (χ4n) is 6.37. The van der Waals surface area contributed by atoms with Crippen molar-refractivity contribution >= 4 is 168 Å². The Labute approximate surface area is 466 Å². The van der Waals surface area contributed by atoms with E-state index in [9.17, 15) is 45.9 Å². The van der Waals surface area contributed by atoms with Gasteiger partial charge in [0.15, 0.2) is 0 Å². The van der Waals surface area contributed by atoms with Crippen LogP contribution in [0.1, 0.15) is 79.5 Å². The van der Waals surface area contributed by atoms with Crippen molar-refractivity contribution in [2.75, 3.05) is 14.2 Å². The summed E-state index contributed by atoms with van der Waals surface area (Å²) in [5, 5.41) is 28.7. The molecule has 0 radical (unpaired) electrons. The number of hydrogen-bond acceptors (Lipinski definition) is 11. The highest BCUT2D eigenvalue weighted by molar-refractivity contribution is 7.22. The van der Waals surface area contributed by atoms with Gasteiger partial charge in [-0.2, -0.15) is 0 Å². The zero-order chi connectivity index (χ0) is 55.9. The van der Waals surface area contributed by atoms with E-state index in [1.807, 2.05) is 0 Å². The molecule has 0 fully saturated rings. The molecular formula is C53H41Cl4F5O10S4. The third-order valence-corrected chi connectivity index (χ3v) is 17.1. The van der Waals surface area contributed by atoms with Gasteiger partial charge in [0.05, 0.1) is 43.7 Å². The molecule has 0 saturated carbocycles. The number of aryl methyl sites for hydroxylation is 5. The van der Waals surface area contributed by atoms with E-state index < -0.39 is 35.7 Å². The maximum absolute atomic E-state index is 13.8. The van der Waals surface area contributed by atoms with Crippen LogP contribution in [0.2, 0.25) is 20.1 Å². The first-order chi connectivity index (χ1) is 35.2. The van der Waals surface area contributed by atoms with Crippen LogP contribution in [0.15, 0.2) is 72.8 Å². The van der Waals surface area contributed by atoms with Gasteiger partial charge >= 0.3 is 29.8 Å². The number of fused-ring (bicyclic) bond motifs is 4. The van der Waals surface area contributed by atoms with Crippen molar-refractivity contribution < 1.29 is 70.7 Å². The number of methoxy groups -OCH3 is 2. The number of aromatic carboxylic acids is 2. The van der Waals surface area contributed by atoms with Gasteiger partial charge in [0, 0.05) is 37.0 Å². The summed E-state index contributed by atoms with van der Waals surface area (Å²) in [5.41, 5.74) is 3.12. The lowest BCUT2D eigenvalue weighted by Crippen LogP contribution is -1.97. The highest BCUT2D eigenvalue weighted by Crippen LogP contribution is 2.41. The summed E-state index contributed by atoms with van der Waals surface area (Å²) < 4.78 is 78.2. The van der Waals surface area contributed by atoms with Crippen LogP contribution in [0.25, 0.3) is 46.4 Å². The van der Waals surface area contributed by atoms with E-state index in [2.05, 4.69) is 9.47 Å². The van der Waals surface area contributed by atoms with Crippen LogP contribution in [-0.2, 0) is 14.3 Å². The summed E-state index contributed by atoms with van der Waals surface area (Å²) in [7, 11) is 2.56. The van der Waals surface area contributed by atoms with Crippen LogP contribution in [0.4, 0.5) is 22.0 Å². The van der Waals surface area contributed by atoms with Gasteiger partial charge in [-0.05, 0) is 104 Å². The Hall–Kier alpha value is -6.16. The molecule has 4 heterocycles. The number of aliphatic carboxylic acids is 1. The second-order valence-corrected chi connectivity index (χ2v) is 21.3. The Morgan fingerprint density at radius 2 is 0.829 bits per heavy atom. The van der Waals surface area contributed by atoms with E-state index in [0.29, 0.717) is 73.9 Å². The molecule has 76 heavy (non-hydrogen) atoms. The second kappa shape index (κ2) is 26.7. The summed E-state index contributed by atoms with van der Waals surface area (Å²) >= 11 is 27.8. The quantitative estimate of drug-likeness (QED) is 0.0829. The number of carbonyl (C=O) groups excluding carboxylic acids is 2. The Bertz CT molecular complexity index is 3750. The molecular weight excluding hydrogens is 1160 g/mol. The third kappa shape index (κ3) is 14.2. The van der Waals surface area contributed by atoms with E-state index in [-0.39, 0.29) is 65.4 Å². The molecule has 23 heteroatoms. The van der Waals surface area contributed by atoms with Crippen molar-refractivity contribution in [2.24, 2.45) is 0 Å². The number of carboxylic acid groups (broad SMARTS) is 3. The molecule has 4 aromatic heterocycles. The average Bonchev–Trinajstić information content (AvgIpc) is 4.09. The van der Waals surface area contributed by atoms with Gasteiger partial charge in [-0.3, -0.25) is 0 Å². The maximum Gasteiger partial charge on any atom is 0.349 e. The SMILES string of the molecule is C.COC(=O)c1sc2c(F)c(C)ccc2c1Cl.COC(=O)c1sc2cc(C)c(F)cc2c1Cl.Cc1cc2sc(C(=O)O)c(Cl)c2cc1F.Cc1ccc(/C=C/C(=O)O)cc1F.Cc1ccc2c(Cl)c(C(=O)O)sc2c1F. The molecule has 0 aliphatic rings. The standard InChI is InChI=1S/2C11H8ClFO2S.2C10H6ClFO2S.C10H9FO2.CH4/c1-5-3-8-6(4-7(5)13)9(12)10(16-8)11(14)15-2;1-5-3-4-6-7(12)10(11(14)15-2)16-9(6)8(5)13;1-4-2-7-5(3-6(4)12)8(11)9(15-7)10(13)14;1-4-2-3-5-6(11)9(10(13)14)15-8(5)7(4)12;1-7-2-3-8(6-9(7)11)4-5-10(12)13;/h2*3-4H,1-2H3;2*2-3H,1H3,(H,13,14);2-6H,1H3,(H,12,13);1H4/b;;;;5-4+;. The van der Waals surface area contributed by atoms with Crippen LogP contribution in [0.5, 0.6) is 0 Å². The van der Waals surface area contributed by atoms with Crippen LogP contribution >= 0.6 is 91.8 Å². The van der Waals surface area contributed by atoms with E-state index in [1.165, 1.54) is 49.8 Å². The van der Waals surface area contributed by atoms with Gasteiger partial charge in [-0.1, -0.05) is 90.2 Å². The molecule has 0 amide bonds. The minimum Gasteiger partial charge on any atom is -0.478 e. The Morgan fingerprint density at radius 3 is 1.25 bits per heavy atom. The number of ether oxygens (including phenoxy) is 2. The molecule has 0 unspecified atom stereocenters. The van der Waals surface area contributed by atoms with E-state index in [1.54, 1.807) is 83.1 Å². The van der Waals surface area contributed by atoms with E-state index >= 15 is 0 Å². The lowest BCUT2D eigenvalue weighted by Gasteiger charge is -1.96. The molecule has 0 atom stereocenters. The highest BCUT2D eigenvalue weighted by Gasteiger charge is 2.22. The summed E-state index contributed by atoms with van der Waals surface area (Å²) in [6.45, 7) is 8.24. The number of esters is 2. The van der Waals surface area contributed by atoms with Crippen molar-refractivity contribution in [3.05, 3.63) is 175 Å². The van der Waals surface area contributed by atoms with Crippen molar-refractivity contribution in [3.63, 3.8) is 0 Å². The zero-order valence-electron chi connectivity index (χ0n) is 39.7. The second-order valence-electron chi connectivity index (χ2n) is 15.6. The van der Waals surface area contributed by atoms with Crippen molar-refractivity contribution in [2.45, 2.75) is 42.0 Å². The molecule has 5 aromatic carbocycles. The number of carbonyl (C=O) groups is 5. The fourth-order valence-corrected chi connectivity index (χ4v) is 12.2. The predicted octanol–water partition coefficient (Wildman–Crippen LogP) is 17.8. The monoisotopic (exact) mass is 1200 g/mol. The largest absolute Gasteiger partial charge is 0.478 e. The first kappa shape index (κ1) is 62.4. The molecule has 3 N–H and O–H groups in total. The summed E-state index contributed by atoms with van der Waals surface area (Å²) in [4.78, 5) is 55.1. The third-order valence-electron chi connectivity index (χ3n) is 10.4. The fraction of sp³-hybridized carbons (Fsp3) is 0.151. The Balaban J connectivity index is 0.000000205. The molecule has 10 nitrogen and oxygen atoms in total. The van der Waals surface area contributed by atoms with Gasteiger partial charge < -0.3 is 24.8 Å². The molecule has 0 aliphatic heterocycles. The highest BCUT2D eigenvalue weighted by atomic mass is 35.5. The lowest BCUT2D eigenvalue weighted by molar-refractivity contribution is -0.131. The first-order valence-electron chi connectivity index (χ1n) is 21.0. The smallest absolute Gasteiger partial charge is 0.349 e. The first-order valence-corrected chi connectivity index (χ1v) is 25.8. The Morgan fingerprint density at radius 1 is 0.474 bits per heavy atom. The zero-order valence-corrected chi connectivity index (χ0v) is 46.0. The van der Waals surface area contributed by atoms with Crippen molar-refractivity contribution in [1.82, 2.24) is 0 Å². The van der Waals surface area contributed by atoms with Gasteiger partial charge in [-0.15, -0.1) is 45.3 Å². The molecule has 0 spiro atoms. The predicted molar refractivity (Wildman–Crippen MR) is 297 cm³/mol. The van der Waals surface area contributed by atoms with Crippen molar-refractivity contribution in [3.8, 4) is 0 Å². The number of carboxylic acids is 3. The molecule has 400 valence electrons. The van der Waals surface area contributed by atoms with Gasteiger partial charge in [-0.25, -0.2) is 45.9 Å². The normalized spacial score (nSPS) is 10.6. The molecule has 9 rings (SSSR count). The van der Waals surface area contributed by atoms with Crippen LogP contribution < -0.4 is 0 Å². The number of halogens is 9. The summed E-state index contributed by atoms with van der Waals surface area (Å²) in [5.74, 6) is -6.05. The van der Waals surface area contributed by atoms with Crippen LogP contribution in [-0.4, -0.2) is 59.4 Å². The molecule has 0 saturated heterocycles. The van der Waals surface area contributed by atoms with Gasteiger partial charge in [0.25, 0.3) is 0 Å². The van der Waals surface area contributed by atoms with Crippen LogP contribution in [0, 0.1) is 63.7 Å². The lowest BCUT2D eigenvalue weighted by atomic mass is 10.1. The number of benzene rings is 5. The van der Waals surface area contributed by atoms with E-state index in [4.69, 9.17) is 61.7 Å². The Kier molecular flexibility index (Phi) is 22.0. The number of thiophene rings is 4. The maximum atomic E-state index is 13.8. The van der Waals surface area contributed by atoms with Crippen molar-refractivity contribution in [1.29, 1.82) is 0 Å². The summed E-state index contributed by atoms with van der Waals surface area (Å²) in [6.07, 6.45) is 2.33. The number of rotatable bonds is 6. The molecule has 0 aliphatic carbocycles. The average molecular weight is 1200 g/mol.